The number of aromatic nitrogens is 2. The number of nitro groups is 1. The number of hydrogen-bond acceptors (Lipinski definition) is 5. The molecule has 1 aromatic carbocycles. The third kappa shape index (κ3) is 2.68. The number of nitrogens with zero attached hydrogens (tertiary/aromatic N) is 2. The molecule has 0 bridgehead atoms. The van der Waals surface area contributed by atoms with Crippen molar-refractivity contribution in [1.29, 1.82) is 0 Å². The van der Waals surface area contributed by atoms with Crippen LogP contribution < -0.4 is 11.2 Å². The molecular weight excluding hydrogens is 311 g/mol. The Labute approximate surface area is 118 Å². The van der Waals surface area contributed by atoms with E-state index >= 15 is 0 Å². The van der Waals surface area contributed by atoms with Crippen LogP contribution in [0.2, 0.25) is 0 Å². The molecule has 2 N–H and O–H groups in total. The summed E-state index contributed by atoms with van der Waals surface area (Å²) >= 11 is 0. The van der Waals surface area contributed by atoms with Gasteiger partial charge in [-0.25, -0.2) is 9.36 Å². The van der Waals surface area contributed by atoms with Gasteiger partial charge in [0.25, 0.3) is 5.56 Å². The highest BCUT2D eigenvalue weighted by molar-refractivity contribution is 5.52. The molecule has 0 spiro atoms. The van der Waals surface area contributed by atoms with Gasteiger partial charge in [0, 0.05) is 12.1 Å². The van der Waals surface area contributed by atoms with Crippen LogP contribution in [-0.2, 0) is 6.18 Å². The van der Waals surface area contributed by atoms with Gasteiger partial charge in [-0.15, -0.1) is 0 Å². The lowest BCUT2D eigenvalue weighted by Crippen LogP contribution is -2.35. The van der Waals surface area contributed by atoms with E-state index in [1.807, 2.05) is 0 Å². The van der Waals surface area contributed by atoms with Gasteiger partial charge >= 0.3 is 17.6 Å². The quantitative estimate of drug-likeness (QED) is 0.636. The third-order valence-corrected chi connectivity index (χ3v) is 2.65. The first-order chi connectivity index (χ1) is 10.1. The van der Waals surface area contributed by atoms with E-state index in [1.165, 1.54) is 4.98 Å². The average Bonchev–Trinajstić information content (AvgIpc) is 2.38. The first kappa shape index (κ1) is 15.3. The number of nitrogens with one attached hydrogen (secondary N) is 1. The van der Waals surface area contributed by atoms with Gasteiger partial charge in [0.2, 0.25) is 0 Å². The van der Waals surface area contributed by atoms with Gasteiger partial charge in [-0.1, -0.05) is 0 Å². The molecule has 1 heterocycles. The van der Waals surface area contributed by atoms with Crippen LogP contribution in [0, 0.1) is 10.1 Å². The fourth-order valence-electron chi connectivity index (χ4n) is 1.69. The Morgan fingerprint density at radius 1 is 1.23 bits per heavy atom. The van der Waals surface area contributed by atoms with Crippen molar-refractivity contribution in [2.24, 2.45) is 0 Å². The van der Waals surface area contributed by atoms with Crippen molar-refractivity contribution in [1.82, 2.24) is 9.55 Å². The highest BCUT2D eigenvalue weighted by Gasteiger charge is 2.33. The van der Waals surface area contributed by atoms with Crippen molar-refractivity contribution in [3.63, 3.8) is 0 Å². The van der Waals surface area contributed by atoms with Crippen molar-refractivity contribution in [3.8, 4) is 11.4 Å². The molecule has 0 aliphatic heterocycles. The molecule has 0 saturated carbocycles. The van der Waals surface area contributed by atoms with Crippen LogP contribution in [0.25, 0.3) is 5.69 Å². The lowest BCUT2D eigenvalue weighted by Gasteiger charge is -2.09. The van der Waals surface area contributed by atoms with Gasteiger partial charge in [0.1, 0.15) is 5.69 Å². The SMILES string of the molecule is O=c1cc(C(F)(F)F)[nH]c(=O)n1-c1ccc(O)c([N+](=O)[O-])c1. The molecule has 0 fully saturated rings. The van der Waals surface area contributed by atoms with E-state index in [1.54, 1.807) is 0 Å². The second kappa shape index (κ2) is 5.02. The van der Waals surface area contributed by atoms with Crippen LogP contribution in [0.3, 0.4) is 0 Å². The Kier molecular flexibility index (Phi) is 3.49. The zero-order valence-electron chi connectivity index (χ0n) is 10.4. The summed E-state index contributed by atoms with van der Waals surface area (Å²) in [6.45, 7) is 0. The van der Waals surface area contributed by atoms with E-state index in [0.717, 1.165) is 12.1 Å². The zero-order chi connectivity index (χ0) is 16.7. The molecule has 0 aliphatic carbocycles. The van der Waals surface area contributed by atoms with Crippen LogP contribution in [0.15, 0.2) is 33.9 Å². The van der Waals surface area contributed by atoms with Gasteiger partial charge in [-0.3, -0.25) is 14.9 Å². The van der Waals surface area contributed by atoms with Crippen molar-refractivity contribution in [2.75, 3.05) is 0 Å². The summed E-state index contributed by atoms with van der Waals surface area (Å²) in [5, 5.41) is 20.0. The highest BCUT2D eigenvalue weighted by atomic mass is 19.4. The predicted molar refractivity (Wildman–Crippen MR) is 66.0 cm³/mol. The van der Waals surface area contributed by atoms with Crippen molar-refractivity contribution >= 4 is 5.69 Å². The van der Waals surface area contributed by atoms with Crippen molar-refractivity contribution in [2.45, 2.75) is 6.18 Å². The van der Waals surface area contributed by atoms with Gasteiger partial charge in [0.05, 0.1) is 10.6 Å². The molecule has 0 unspecified atom stereocenters. The molecular formula is C11H6F3N3O5. The summed E-state index contributed by atoms with van der Waals surface area (Å²) in [6.07, 6.45) is -4.92. The highest BCUT2D eigenvalue weighted by Crippen LogP contribution is 2.28. The summed E-state index contributed by atoms with van der Waals surface area (Å²) in [5.41, 5.74) is -5.43. The van der Waals surface area contributed by atoms with Crippen LogP contribution in [0.4, 0.5) is 18.9 Å². The molecule has 0 aliphatic rings. The van der Waals surface area contributed by atoms with E-state index in [4.69, 9.17) is 0 Å². The van der Waals surface area contributed by atoms with Crippen LogP contribution in [0.1, 0.15) is 5.69 Å². The maximum atomic E-state index is 12.5. The first-order valence-corrected chi connectivity index (χ1v) is 5.52. The standard InChI is InChI=1S/C11H6F3N3O5/c12-11(13,14)8-4-9(19)16(10(20)15-8)5-1-2-7(18)6(3-5)17(21)22/h1-4,18H,(H,15,20). The van der Waals surface area contributed by atoms with Crippen LogP contribution >= 0.6 is 0 Å². The van der Waals surface area contributed by atoms with Crippen LogP contribution in [-0.4, -0.2) is 19.6 Å². The monoisotopic (exact) mass is 317 g/mol. The number of aromatic amines is 1. The Balaban J connectivity index is 2.70. The van der Waals surface area contributed by atoms with Crippen molar-refractivity contribution in [3.05, 3.63) is 60.9 Å². The Bertz CT molecular complexity index is 837. The van der Waals surface area contributed by atoms with Gasteiger partial charge in [-0.05, 0) is 12.1 Å². The summed E-state index contributed by atoms with van der Waals surface area (Å²) in [4.78, 5) is 34.5. The molecule has 0 radical (unpaired) electrons. The molecule has 22 heavy (non-hydrogen) atoms. The van der Waals surface area contributed by atoms with E-state index in [2.05, 4.69) is 0 Å². The average molecular weight is 317 g/mol. The molecule has 8 nitrogen and oxygen atoms in total. The van der Waals surface area contributed by atoms with Crippen LogP contribution in [0.5, 0.6) is 5.75 Å². The number of halogens is 3. The van der Waals surface area contributed by atoms with E-state index in [0.29, 0.717) is 6.07 Å². The van der Waals surface area contributed by atoms with E-state index in [-0.39, 0.29) is 16.3 Å². The molecule has 2 aromatic rings. The predicted octanol–water partition coefficient (Wildman–Crippen LogP) is 1.16. The maximum Gasteiger partial charge on any atom is 0.431 e. The Hall–Kier alpha value is -3.11. The number of phenolic OH excluding ortho intramolecular Hbond substituents is 1. The minimum atomic E-state index is -4.92. The number of alkyl halides is 3. The summed E-state index contributed by atoms with van der Waals surface area (Å²) in [7, 11) is 0. The van der Waals surface area contributed by atoms with E-state index in [9.17, 15) is 38.0 Å². The molecule has 2 rings (SSSR count). The van der Waals surface area contributed by atoms with Gasteiger partial charge in [0.15, 0.2) is 5.75 Å². The summed E-state index contributed by atoms with van der Waals surface area (Å²) in [6, 6.07) is 2.67. The number of nitro benzene ring substituents is 1. The topological polar surface area (TPSA) is 118 Å². The number of rotatable bonds is 2. The Morgan fingerprint density at radius 2 is 1.86 bits per heavy atom. The minimum Gasteiger partial charge on any atom is -0.502 e. The number of H-pyrrole nitrogens is 1. The zero-order valence-corrected chi connectivity index (χ0v) is 10.4. The third-order valence-electron chi connectivity index (χ3n) is 2.65. The molecule has 0 amide bonds. The lowest BCUT2D eigenvalue weighted by molar-refractivity contribution is -0.385. The number of phenols is 1. The number of hydrogen-bond donors (Lipinski definition) is 2. The molecule has 11 heteroatoms. The lowest BCUT2D eigenvalue weighted by atomic mass is 10.2. The Morgan fingerprint density at radius 3 is 2.36 bits per heavy atom. The first-order valence-electron chi connectivity index (χ1n) is 5.52. The van der Waals surface area contributed by atoms with Gasteiger partial charge in [-0.2, -0.15) is 13.2 Å². The molecule has 1 aromatic heterocycles. The summed E-state index contributed by atoms with van der Waals surface area (Å²) < 4.78 is 37.7. The molecule has 116 valence electrons. The normalized spacial score (nSPS) is 11.4. The fraction of sp³-hybridized carbons (Fsp3) is 0.0909. The molecule has 0 saturated heterocycles. The second-order valence-corrected chi connectivity index (χ2v) is 4.09. The number of benzene rings is 1. The minimum absolute atomic E-state index is 0.153. The number of aromatic hydroxyl groups is 1. The summed E-state index contributed by atoms with van der Waals surface area (Å²) in [5.74, 6) is -0.717. The molecule has 0 atom stereocenters. The second-order valence-electron chi connectivity index (χ2n) is 4.09. The maximum absolute atomic E-state index is 12.5. The van der Waals surface area contributed by atoms with Crippen molar-refractivity contribution < 1.29 is 23.2 Å². The largest absolute Gasteiger partial charge is 0.502 e. The van der Waals surface area contributed by atoms with E-state index < -0.39 is 39.5 Å². The smallest absolute Gasteiger partial charge is 0.431 e. The van der Waals surface area contributed by atoms with Gasteiger partial charge < -0.3 is 10.1 Å². The fourth-order valence-corrected chi connectivity index (χ4v) is 1.69.